The van der Waals surface area contributed by atoms with E-state index in [1.54, 1.807) is 12.1 Å². The molecular weight excluding hydrogens is 268 g/mol. The Morgan fingerprint density at radius 1 is 1.43 bits per heavy atom. The van der Waals surface area contributed by atoms with Crippen LogP contribution in [0, 0.1) is 16.0 Å². The molecule has 1 saturated carbocycles. The Hall–Kier alpha value is -1.62. The summed E-state index contributed by atoms with van der Waals surface area (Å²) >= 11 is 0. The van der Waals surface area contributed by atoms with E-state index in [4.69, 9.17) is 4.74 Å². The highest BCUT2D eigenvalue weighted by atomic mass is 16.6. The van der Waals surface area contributed by atoms with Crippen LogP contribution in [0.15, 0.2) is 18.2 Å². The molecule has 2 rings (SSSR count). The van der Waals surface area contributed by atoms with Gasteiger partial charge in [-0.1, -0.05) is 6.92 Å². The molecule has 0 atom stereocenters. The molecule has 0 bridgehead atoms. The van der Waals surface area contributed by atoms with E-state index in [1.807, 2.05) is 13.8 Å². The van der Waals surface area contributed by atoms with Crippen LogP contribution in [0.5, 0.6) is 5.75 Å². The summed E-state index contributed by atoms with van der Waals surface area (Å²) in [4.78, 5) is 13.0. The van der Waals surface area contributed by atoms with Crippen molar-refractivity contribution in [2.75, 3.05) is 13.1 Å². The number of nitro groups is 1. The van der Waals surface area contributed by atoms with E-state index < -0.39 is 0 Å². The topological polar surface area (TPSA) is 55.6 Å². The van der Waals surface area contributed by atoms with Crippen LogP contribution in [0.3, 0.4) is 0 Å². The van der Waals surface area contributed by atoms with Crippen molar-refractivity contribution < 1.29 is 9.66 Å². The van der Waals surface area contributed by atoms with Gasteiger partial charge in [0.25, 0.3) is 5.69 Å². The van der Waals surface area contributed by atoms with Gasteiger partial charge >= 0.3 is 0 Å². The van der Waals surface area contributed by atoms with Crippen LogP contribution in [0.25, 0.3) is 0 Å². The Kier molecular flexibility index (Phi) is 5.17. The molecule has 1 aliphatic rings. The molecule has 0 amide bonds. The predicted octanol–water partition coefficient (Wildman–Crippen LogP) is 3.61. The van der Waals surface area contributed by atoms with E-state index in [-0.39, 0.29) is 16.7 Å². The number of non-ortho nitro benzene ring substituents is 1. The molecule has 1 fully saturated rings. The van der Waals surface area contributed by atoms with E-state index >= 15 is 0 Å². The summed E-state index contributed by atoms with van der Waals surface area (Å²) in [6.45, 7) is 8.78. The zero-order valence-corrected chi connectivity index (χ0v) is 13.0. The molecular formula is C16H24N2O3. The Labute approximate surface area is 126 Å². The molecule has 0 heterocycles. The van der Waals surface area contributed by atoms with Crippen LogP contribution in [0.1, 0.15) is 39.2 Å². The largest absolute Gasteiger partial charge is 0.491 e. The Morgan fingerprint density at radius 3 is 2.67 bits per heavy atom. The number of hydrogen-bond donors (Lipinski definition) is 0. The molecule has 0 aromatic heterocycles. The lowest BCUT2D eigenvalue weighted by Gasteiger charge is -2.22. The fraction of sp³-hybridized carbons (Fsp3) is 0.625. The van der Waals surface area contributed by atoms with Gasteiger partial charge in [-0.2, -0.15) is 0 Å². The summed E-state index contributed by atoms with van der Waals surface area (Å²) in [5, 5.41) is 11.0. The molecule has 5 nitrogen and oxygen atoms in total. The van der Waals surface area contributed by atoms with E-state index in [0.29, 0.717) is 6.54 Å². The zero-order valence-electron chi connectivity index (χ0n) is 13.0. The monoisotopic (exact) mass is 292 g/mol. The Balaban J connectivity index is 2.18. The average molecular weight is 292 g/mol. The molecule has 1 aliphatic carbocycles. The number of nitro benzene ring substituents is 1. The fourth-order valence-electron chi connectivity index (χ4n) is 2.38. The third kappa shape index (κ3) is 4.70. The minimum absolute atomic E-state index is 0.0590. The van der Waals surface area contributed by atoms with Crippen molar-refractivity contribution in [2.24, 2.45) is 5.92 Å². The van der Waals surface area contributed by atoms with Crippen molar-refractivity contribution in [1.82, 2.24) is 4.90 Å². The average Bonchev–Trinajstić information content (AvgIpc) is 3.23. The summed E-state index contributed by atoms with van der Waals surface area (Å²) in [7, 11) is 0. The minimum atomic E-state index is -0.347. The standard InChI is InChI=1S/C16H24N2O3/c1-4-17(10-13-5-6-13)11-14-9-15(18(19)20)7-8-16(14)21-12(2)3/h7-9,12-13H,4-6,10-11H2,1-3H3. The number of hydrogen-bond acceptors (Lipinski definition) is 4. The van der Waals surface area contributed by atoms with E-state index in [1.165, 1.54) is 18.9 Å². The summed E-state index contributed by atoms with van der Waals surface area (Å²) < 4.78 is 5.80. The summed E-state index contributed by atoms with van der Waals surface area (Å²) in [6.07, 6.45) is 2.67. The second kappa shape index (κ2) is 6.89. The van der Waals surface area contributed by atoms with Gasteiger partial charge in [0, 0.05) is 30.8 Å². The van der Waals surface area contributed by atoms with Crippen molar-refractivity contribution in [3.05, 3.63) is 33.9 Å². The van der Waals surface area contributed by atoms with Gasteiger partial charge in [0.1, 0.15) is 5.75 Å². The van der Waals surface area contributed by atoms with Gasteiger partial charge in [-0.15, -0.1) is 0 Å². The smallest absolute Gasteiger partial charge is 0.270 e. The maximum Gasteiger partial charge on any atom is 0.270 e. The van der Waals surface area contributed by atoms with Crippen LogP contribution in [-0.2, 0) is 6.54 Å². The minimum Gasteiger partial charge on any atom is -0.491 e. The first-order chi connectivity index (χ1) is 9.99. The van der Waals surface area contributed by atoms with Crippen molar-refractivity contribution in [1.29, 1.82) is 0 Å². The summed E-state index contributed by atoms with van der Waals surface area (Å²) in [6, 6.07) is 4.88. The Morgan fingerprint density at radius 2 is 2.14 bits per heavy atom. The van der Waals surface area contributed by atoms with Crippen LogP contribution >= 0.6 is 0 Å². The molecule has 116 valence electrons. The number of benzene rings is 1. The second-order valence-corrected chi connectivity index (χ2v) is 5.99. The quantitative estimate of drug-likeness (QED) is 0.542. The maximum absolute atomic E-state index is 11.0. The highest BCUT2D eigenvalue weighted by Gasteiger charge is 2.24. The highest BCUT2D eigenvalue weighted by molar-refractivity contribution is 5.44. The fourth-order valence-corrected chi connectivity index (χ4v) is 2.38. The van der Waals surface area contributed by atoms with Crippen LogP contribution in [-0.4, -0.2) is 29.0 Å². The molecule has 0 radical (unpaired) electrons. The van der Waals surface area contributed by atoms with Crippen molar-refractivity contribution in [3.8, 4) is 5.75 Å². The molecule has 21 heavy (non-hydrogen) atoms. The first-order valence-corrected chi connectivity index (χ1v) is 7.66. The number of rotatable bonds is 8. The third-order valence-electron chi connectivity index (χ3n) is 3.67. The molecule has 1 aromatic rings. The zero-order chi connectivity index (χ0) is 15.4. The first kappa shape index (κ1) is 15.8. The van der Waals surface area contributed by atoms with Crippen LogP contribution in [0.2, 0.25) is 0 Å². The lowest BCUT2D eigenvalue weighted by Crippen LogP contribution is -2.25. The lowest BCUT2D eigenvalue weighted by atomic mass is 10.1. The second-order valence-electron chi connectivity index (χ2n) is 5.99. The maximum atomic E-state index is 11.0. The van der Waals surface area contributed by atoms with Gasteiger partial charge in [0.05, 0.1) is 11.0 Å². The van der Waals surface area contributed by atoms with Crippen molar-refractivity contribution in [2.45, 2.75) is 46.3 Å². The van der Waals surface area contributed by atoms with Crippen LogP contribution in [0.4, 0.5) is 5.69 Å². The molecule has 0 saturated heterocycles. The number of nitrogens with zero attached hydrogens (tertiary/aromatic N) is 2. The van der Waals surface area contributed by atoms with Crippen LogP contribution < -0.4 is 4.74 Å². The van der Waals surface area contributed by atoms with Gasteiger partial charge in [0.15, 0.2) is 0 Å². The predicted molar refractivity (Wildman–Crippen MR) is 82.5 cm³/mol. The summed E-state index contributed by atoms with van der Waals surface area (Å²) in [5.74, 6) is 1.56. The molecule has 0 N–H and O–H groups in total. The van der Waals surface area contributed by atoms with Gasteiger partial charge in [-0.25, -0.2) is 0 Å². The van der Waals surface area contributed by atoms with Gasteiger partial charge in [-0.3, -0.25) is 15.0 Å². The van der Waals surface area contributed by atoms with Crippen molar-refractivity contribution in [3.63, 3.8) is 0 Å². The molecule has 1 aromatic carbocycles. The number of ether oxygens (including phenoxy) is 1. The Bertz CT molecular complexity index is 498. The van der Waals surface area contributed by atoms with E-state index in [9.17, 15) is 10.1 Å². The van der Waals surface area contributed by atoms with Gasteiger partial charge in [0.2, 0.25) is 0 Å². The normalized spacial score (nSPS) is 14.7. The molecule has 5 heteroatoms. The molecule has 0 spiro atoms. The van der Waals surface area contributed by atoms with Gasteiger partial charge < -0.3 is 4.74 Å². The first-order valence-electron chi connectivity index (χ1n) is 7.66. The van der Waals surface area contributed by atoms with Crippen molar-refractivity contribution >= 4 is 5.69 Å². The van der Waals surface area contributed by atoms with E-state index in [2.05, 4.69) is 11.8 Å². The molecule has 0 unspecified atom stereocenters. The van der Waals surface area contributed by atoms with E-state index in [0.717, 1.165) is 30.3 Å². The summed E-state index contributed by atoms with van der Waals surface area (Å²) in [5.41, 5.74) is 1.03. The third-order valence-corrected chi connectivity index (χ3v) is 3.67. The molecule has 0 aliphatic heterocycles. The SMILES string of the molecule is CCN(Cc1cc([N+](=O)[O-])ccc1OC(C)C)CC1CC1. The lowest BCUT2D eigenvalue weighted by molar-refractivity contribution is -0.385. The highest BCUT2D eigenvalue weighted by Crippen LogP contribution is 2.31. The van der Waals surface area contributed by atoms with Gasteiger partial charge in [-0.05, 0) is 45.2 Å².